The third kappa shape index (κ3) is 1.99. The molecule has 1 aliphatic heterocycles. The predicted octanol–water partition coefficient (Wildman–Crippen LogP) is 2.45. The molecule has 0 amide bonds. The first-order valence-electron chi connectivity index (χ1n) is 6.91. The Morgan fingerprint density at radius 3 is 2.94 bits per heavy atom. The van der Waals surface area contributed by atoms with Crippen LogP contribution in [0.15, 0.2) is 6.33 Å². The van der Waals surface area contributed by atoms with E-state index in [9.17, 15) is 0 Å². The van der Waals surface area contributed by atoms with Gasteiger partial charge in [-0.3, -0.25) is 0 Å². The van der Waals surface area contributed by atoms with Gasteiger partial charge in [0.05, 0.1) is 6.04 Å². The first kappa shape index (κ1) is 11.2. The summed E-state index contributed by atoms with van der Waals surface area (Å²) in [6, 6.07) is 1.60. The smallest absolute Gasteiger partial charge is 0.150 e. The number of nitrogens with zero attached hydrogens (tertiary/aromatic N) is 3. The first-order chi connectivity index (χ1) is 8.25. The zero-order valence-corrected chi connectivity index (χ0v) is 10.8. The molecule has 3 unspecified atom stereocenters. The summed E-state index contributed by atoms with van der Waals surface area (Å²) >= 11 is 0. The van der Waals surface area contributed by atoms with E-state index in [1.807, 2.05) is 6.33 Å². The van der Waals surface area contributed by atoms with Gasteiger partial charge in [0.2, 0.25) is 0 Å². The summed E-state index contributed by atoms with van der Waals surface area (Å²) in [6.07, 6.45) is 8.64. The minimum Gasteiger partial charge on any atom is -0.314 e. The van der Waals surface area contributed by atoms with Gasteiger partial charge in [-0.15, -0.1) is 10.2 Å². The Kier molecular flexibility index (Phi) is 2.90. The lowest BCUT2D eigenvalue weighted by Crippen LogP contribution is -2.31. The van der Waals surface area contributed by atoms with Gasteiger partial charge in [-0.2, -0.15) is 0 Å². The highest BCUT2D eigenvalue weighted by Crippen LogP contribution is 2.38. The number of rotatable bonds is 2. The van der Waals surface area contributed by atoms with Gasteiger partial charge in [-0.25, -0.2) is 0 Å². The summed E-state index contributed by atoms with van der Waals surface area (Å²) in [5.41, 5.74) is 0. The summed E-state index contributed by atoms with van der Waals surface area (Å²) in [5, 5.41) is 12.2. The molecule has 1 aliphatic carbocycles. The molecule has 1 aromatic heterocycles. The van der Waals surface area contributed by atoms with Crippen LogP contribution in [-0.2, 0) is 0 Å². The van der Waals surface area contributed by atoms with Crippen LogP contribution in [0.25, 0.3) is 0 Å². The molecule has 0 bridgehead atoms. The molecule has 1 saturated heterocycles. The van der Waals surface area contributed by atoms with Crippen molar-refractivity contribution in [2.45, 2.75) is 64.1 Å². The Bertz CT molecular complexity index is 371. The molecule has 2 fully saturated rings. The van der Waals surface area contributed by atoms with Crippen molar-refractivity contribution in [3.8, 4) is 0 Å². The molecule has 1 saturated carbocycles. The molecule has 0 aromatic carbocycles. The molecule has 4 heteroatoms. The maximum Gasteiger partial charge on any atom is 0.150 e. The van der Waals surface area contributed by atoms with Crippen molar-refractivity contribution in [3.05, 3.63) is 12.2 Å². The van der Waals surface area contributed by atoms with Gasteiger partial charge in [0, 0.05) is 12.1 Å². The van der Waals surface area contributed by atoms with Crippen molar-refractivity contribution in [3.63, 3.8) is 0 Å². The zero-order chi connectivity index (χ0) is 11.8. The average Bonchev–Trinajstić information content (AvgIpc) is 2.95. The number of hydrogen-bond acceptors (Lipinski definition) is 3. The Morgan fingerprint density at radius 2 is 2.18 bits per heavy atom. The predicted molar refractivity (Wildman–Crippen MR) is 66.6 cm³/mol. The average molecular weight is 234 g/mol. The standard InChI is InChI=1S/C13H22N4/c1-9(2)17-8-14-16-13(17)12-7-10-5-3-4-6-11(10)15-12/h8-12,15H,3-7H2,1-2H3. The Hall–Kier alpha value is -0.900. The normalized spacial score (nSPS) is 33.0. The van der Waals surface area contributed by atoms with E-state index in [2.05, 4.69) is 33.9 Å². The lowest BCUT2D eigenvalue weighted by atomic mass is 9.85. The molecule has 17 heavy (non-hydrogen) atoms. The Labute approximate surface area is 103 Å². The minimum absolute atomic E-state index is 0.424. The van der Waals surface area contributed by atoms with Crippen LogP contribution in [0.1, 0.15) is 63.9 Å². The van der Waals surface area contributed by atoms with E-state index in [0.717, 1.165) is 17.8 Å². The molecule has 3 rings (SSSR count). The van der Waals surface area contributed by atoms with Crippen LogP contribution in [-0.4, -0.2) is 20.8 Å². The van der Waals surface area contributed by atoms with Crippen molar-refractivity contribution in [2.75, 3.05) is 0 Å². The lowest BCUT2D eigenvalue weighted by molar-refractivity contribution is 0.325. The van der Waals surface area contributed by atoms with Gasteiger partial charge >= 0.3 is 0 Å². The van der Waals surface area contributed by atoms with Gasteiger partial charge in [-0.1, -0.05) is 12.8 Å². The summed E-state index contributed by atoms with van der Waals surface area (Å²) in [4.78, 5) is 0. The van der Waals surface area contributed by atoms with Crippen LogP contribution < -0.4 is 5.32 Å². The molecule has 1 N–H and O–H groups in total. The van der Waals surface area contributed by atoms with E-state index in [4.69, 9.17) is 0 Å². The van der Waals surface area contributed by atoms with Gasteiger partial charge in [0.1, 0.15) is 12.2 Å². The summed E-state index contributed by atoms with van der Waals surface area (Å²) < 4.78 is 2.20. The number of aromatic nitrogens is 3. The SMILES string of the molecule is CC(C)n1cnnc1C1CC2CCCCC2N1. The maximum atomic E-state index is 4.33. The lowest BCUT2D eigenvalue weighted by Gasteiger charge is -2.24. The quantitative estimate of drug-likeness (QED) is 0.854. The molecule has 2 aliphatic rings. The molecule has 1 aromatic rings. The second-order valence-electron chi connectivity index (χ2n) is 5.80. The highest BCUT2D eigenvalue weighted by Gasteiger charge is 2.37. The molecule has 0 radical (unpaired) electrons. The second kappa shape index (κ2) is 4.41. The van der Waals surface area contributed by atoms with Gasteiger partial charge in [0.15, 0.2) is 0 Å². The van der Waals surface area contributed by atoms with Gasteiger partial charge in [0.25, 0.3) is 0 Å². The molecule has 4 nitrogen and oxygen atoms in total. The highest BCUT2D eigenvalue weighted by molar-refractivity contribution is 5.04. The van der Waals surface area contributed by atoms with Crippen molar-refractivity contribution >= 4 is 0 Å². The van der Waals surface area contributed by atoms with E-state index < -0.39 is 0 Å². The molecule has 0 spiro atoms. The monoisotopic (exact) mass is 234 g/mol. The molecular weight excluding hydrogens is 212 g/mol. The Balaban J connectivity index is 1.79. The van der Waals surface area contributed by atoms with Crippen LogP contribution in [0.5, 0.6) is 0 Å². The van der Waals surface area contributed by atoms with E-state index in [0.29, 0.717) is 12.1 Å². The molecule has 2 heterocycles. The van der Waals surface area contributed by atoms with Crippen LogP contribution in [0.4, 0.5) is 0 Å². The largest absolute Gasteiger partial charge is 0.314 e. The zero-order valence-electron chi connectivity index (χ0n) is 10.8. The van der Waals surface area contributed by atoms with Crippen molar-refractivity contribution in [2.24, 2.45) is 5.92 Å². The van der Waals surface area contributed by atoms with E-state index in [-0.39, 0.29) is 0 Å². The molecule has 3 atom stereocenters. The first-order valence-corrected chi connectivity index (χ1v) is 6.91. The third-order valence-electron chi connectivity index (χ3n) is 4.33. The van der Waals surface area contributed by atoms with Crippen molar-refractivity contribution < 1.29 is 0 Å². The maximum absolute atomic E-state index is 4.33. The second-order valence-corrected chi connectivity index (χ2v) is 5.80. The molecule has 94 valence electrons. The fourth-order valence-electron chi connectivity index (χ4n) is 3.42. The van der Waals surface area contributed by atoms with E-state index in [1.165, 1.54) is 32.1 Å². The van der Waals surface area contributed by atoms with Crippen LogP contribution in [0.3, 0.4) is 0 Å². The van der Waals surface area contributed by atoms with Gasteiger partial charge < -0.3 is 9.88 Å². The van der Waals surface area contributed by atoms with Crippen LogP contribution in [0.2, 0.25) is 0 Å². The summed E-state index contributed by atoms with van der Waals surface area (Å²) in [6.45, 7) is 4.38. The highest BCUT2D eigenvalue weighted by atomic mass is 15.3. The number of fused-ring (bicyclic) bond motifs is 1. The fraction of sp³-hybridized carbons (Fsp3) is 0.846. The minimum atomic E-state index is 0.424. The van der Waals surface area contributed by atoms with Gasteiger partial charge in [-0.05, 0) is 39.0 Å². The van der Waals surface area contributed by atoms with Crippen LogP contribution >= 0.6 is 0 Å². The van der Waals surface area contributed by atoms with Crippen molar-refractivity contribution in [1.82, 2.24) is 20.1 Å². The number of hydrogen-bond donors (Lipinski definition) is 1. The topological polar surface area (TPSA) is 42.7 Å². The third-order valence-corrected chi connectivity index (χ3v) is 4.33. The van der Waals surface area contributed by atoms with E-state index in [1.54, 1.807) is 0 Å². The number of nitrogens with one attached hydrogen (secondary N) is 1. The summed E-state index contributed by atoms with van der Waals surface area (Å²) in [7, 11) is 0. The van der Waals surface area contributed by atoms with Crippen molar-refractivity contribution in [1.29, 1.82) is 0 Å². The van der Waals surface area contributed by atoms with E-state index >= 15 is 0 Å². The Morgan fingerprint density at radius 1 is 1.35 bits per heavy atom. The fourth-order valence-corrected chi connectivity index (χ4v) is 3.42. The summed E-state index contributed by atoms with van der Waals surface area (Å²) in [5.74, 6) is 2.00. The molecular formula is C13H22N4. The van der Waals surface area contributed by atoms with Crippen LogP contribution in [0, 0.1) is 5.92 Å².